The van der Waals surface area contributed by atoms with Crippen LogP contribution in [-0.4, -0.2) is 17.7 Å². The molecule has 0 aliphatic carbocycles. The van der Waals surface area contributed by atoms with Crippen LogP contribution in [0.2, 0.25) is 0 Å². The number of benzene rings is 1. The van der Waals surface area contributed by atoms with Crippen molar-refractivity contribution in [1.29, 1.82) is 0 Å². The third kappa shape index (κ3) is 2.85. The smallest absolute Gasteiger partial charge is 0.352 e. The highest BCUT2D eigenvalue weighted by molar-refractivity contribution is 9.10. The predicted octanol–water partition coefficient (Wildman–Crippen LogP) is 4.03. The van der Waals surface area contributed by atoms with Gasteiger partial charge in [-0.25, -0.2) is 4.98 Å². The Morgan fingerprint density at radius 1 is 1.38 bits per heavy atom. The van der Waals surface area contributed by atoms with Crippen LogP contribution in [0.4, 0.5) is 18.3 Å². The van der Waals surface area contributed by atoms with Crippen molar-refractivity contribution >= 4 is 42.6 Å². The van der Waals surface area contributed by atoms with Crippen molar-refractivity contribution in [3.05, 3.63) is 22.7 Å². The molecule has 0 amide bonds. The van der Waals surface area contributed by atoms with Gasteiger partial charge in [-0.15, -0.1) is 0 Å². The summed E-state index contributed by atoms with van der Waals surface area (Å²) in [4.78, 5) is 4.04. The van der Waals surface area contributed by atoms with Gasteiger partial charge in [-0.05, 0) is 18.2 Å². The molecular formula is C9H6BrF3N2S. The molecule has 0 unspecified atom stereocenters. The van der Waals surface area contributed by atoms with Gasteiger partial charge in [0.1, 0.15) is 6.54 Å². The number of hydrogen-bond donors (Lipinski definition) is 1. The molecule has 86 valence electrons. The second kappa shape index (κ2) is 4.21. The lowest BCUT2D eigenvalue weighted by atomic mass is 10.3. The van der Waals surface area contributed by atoms with Crippen LogP contribution in [0.5, 0.6) is 0 Å². The van der Waals surface area contributed by atoms with Gasteiger partial charge in [0, 0.05) is 4.47 Å². The molecule has 2 rings (SSSR count). The van der Waals surface area contributed by atoms with Gasteiger partial charge in [-0.3, -0.25) is 0 Å². The molecule has 0 saturated carbocycles. The summed E-state index contributed by atoms with van der Waals surface area (Å²) in [5.74, 6) is 0. The minimum Gasteiger partial charge on any atom is -0.352 e. The SMILES string of the molecule is FC(F)(F)CNc1nc2ccc(Br)cc2s1. The van der Waals surface area contributed by atoms with Crippen molar-refractivity contribution in [2.45, 2.75) is 6.18 Å². The first kappa shape index (κ1) is 11.7. The Hall–Kier alpha value is -0.820. The normalized spacial score (nSPS) is 12.0. The molecule has 0 saturated heterocycles. The summed E-state index contributed by atoms with van der Waals surface area (Å²) in [6.07, 6.45) is -4.22. The molecule has 0 aliphatic heterocycles. The quantitative estimate of drug-likeness (QED) is 0.905. The van der Waals surface area contributed by atoms with Crippen LogP contribution >= 0.6 is 27.3 Å². The van der Waals surface area contributed by atoms with E-state index in [1.54, 1.807) is 12.1 Å². The molecule has 0 radical (unpaired) electrons. The Morgan fingerprint density at radius 3 is 2.81 bits per heavy atom. The van der Waals surface area contributed by atoms with Gasteiger partial charge >= 0.3 is 6.18 Å². The molecule has 2 aromatic rings. The number of rotatable bonds is 2. The van der Waals surface area contributed by atoms with Crippen molar-refractivity contribution in [1.82, 2.24) is 4.98 Å². The highest BCUT2D eigenvalue weighted by atomic mass is 79.9. The summed E-state index contributed by atoms with van der Waals surface area (Å²) < 4.78 is 37.6. The van der Waals surface area contributed by atoms with Gasteiger partial charge in [-0.1, -0.05) is 27.3 Å². The van der Waals surface area contributed by atoms with E-state index in [0.717, 1.165) is 9.17 Å². The van der Waals surface area contributed by atoms with E-state index >= 15 is 0 Å². The molecule has 2 nitrogen and oxygen atoms in total. The molecule has 0 aliphatic rings. The van der Waals surface area contributed by atoms with Crippen LogP contribution in [0, 0.1) is 0 Å². The zero-order valence-corrected chi connectivity index (χ0v) is 10.2. The summed E-state index contributed by atoms with van der Waals surface area (Å²) in [6, 6.07) is 5.38. The first-order valence-corrected chi connectivity index (χ1v) is 5.92. The van der Waals surface area contributed by atoms with Crippen LogP contribution in [0.3, 0.4) is 0 Å². The number of halogens is 4. The van der Waals surface area contributed by atoms with Gasteiger partial charge < -0.3 is 5.32 Å². The Balaban J connectivity index is 2.20. The second-order valence-electron chi connectivity index (χ2n) is 3.10. The fourth-order valence-corrected chi connectivity index (χ4v) is 2.56. The molecule has 0 fully saturated rings. The lowest BCUT2D eigenvalue weighted by Crippen LogP contribution is -2.21. The largest absolute Gasteiger partial charge is 0.405 e. The number of alkyl halides is 3. The molecular weight excluding hydrogens is 305 g/mol. The monoisotopic (exact) mass is 310 g/mol. The number of anilines is 1. The topological polar surface area (TPSA) is 24.9 Å². The van der Waals surface area contributed by atoms with E-state index < -0.39 is 12.7 Å². The molecule has 1 aromatic heterocycles. The third-order valence-electron chi connectivity index (χ3n) is 1.79. The van der Waals surface area contributed by atoms with Gasteiger partial charge in [-0.2, -0.15) is 13.2 Å². The molecule has 0 atom stereocenters. The Labute approximate surface area is 102 Å². The highest BCUT2D eigenvalue weighted by Crippen LogP contribution is 2.29. The zero-order valence-electron chi connectivity index (χ0n) is 7.81. The van der Waals surface area contributed by atoms with Crippen molar-refractivity contribution < 1.29 is 13.2 Å². The molecule has 1 N–H and O–H groups in total. The second-order valence-corrected chi connectivity index (χ2v) is 5.05. The van der Waals surface area contributed by atoms with E-state index in [1.807, 2.05) is 6.07 Å². The molecule has 1 heterocycles. The standard InChI is InChI=1S/C9H6BrF3N2S/c10-5-1-2-6-7(3-5)16-8(15-6)14-4-9(11,12)13/h1-3H,4H2,(H,14,15). The van der Waals surface area contributed by atoms with E-state index in [0.29, 0.717) is 5.52 Å². The summed E-state index contributed by atoms with van der Waals surface area (Å²) >= 11 is 4.49. The van der Waals surface area contributed by atoms with Gasteiger partial charge in [0.15, 0.2) is 5.13 Å². The minimum atomic E-state index is -4.22. The summed E-state index contributed by atoms with van der Waals surface area (Å²) in [5.41, 5.74) is 0.692. The van der Waals surface area contributed by atoms with Crippen LogP contribution in [0.25, 0.3) is 10.2 Å². The Morgan fingerprint density at radius 2 is 2.12 bits per heavy atom. The predicted molar refractivity (Wildman–Crippen MR) is 61.9 cm³/mol. The van der Waals surface area contributed by atoms with E-state index in [1.165, 1.54) is 11.3 Å². The van der Waals surface area contributed by atoms with Crippen molar-refractivity contribution in [3.63, 3.8) is 0 Å². The maximum Gasteiger partial charge on any atom is 0.405 e. The fraction of sp³-hybridized carbons (Fsp3) is 0.222. The number of hydrogen-bond acceptors (Lipinski definition) is 3. The minimum absolute atomic E-state index is 0.283. The Kier molecular flexibility index (Phi) is 3.07. The van der Waals surface area contributed by atoms with E-state index in [2.05, 4.69) is 26.2 Å². The van der Waals surface area contributed by atoms with Crippen molar-refractivity contribution in [2.24, 2.45) is 0 Å². The fourth-order valence-electron chi connectivity index (χ4n) is 1.15. The molecule has 0 bridgehead atoms. The molecule has 1 aromatic carbocycles. The first-order chi connectivity index (χ1) is 7.44. The van der Waals surface area contributed by atoms with Crippen LogP contribution < -0.4 is 5.32 Å². The number of nitrogens with one attached hydrogen (secondary N) is 1. The highest BCUT2D eigenvalue weighted by Gasteiger charge is 2.27. The lowest BCUT2D eigenvalue weighted by molar-refractivity contribution is -0.115. The number of aromatic nitrogens is 1. The third-order valence-corrected chi connectivity index (χ3v) is 3.26. The van der Waals surface area contributed by atoms with Crippen molar-refractivity contribution in [2.75, 3.05) is 11.9 Å². The number of nitrogens with zero attached hydrogens (tertiary/aromatic N) is 1. The van der Waals surface area contributed by atoms with Crippen LogP contribution in [0.1, 0.15) is 0 Å². The summed E-state index contributed by atoms with van der Waals surface area (Å²) in [6.45, 7) is -1.06. The molecule has 16 heavy (non-hydrogen) atoms. The Bertz CT molecular complexity index is 509. The van der Waals surface area contributed by atoms with E-state index in [4.69, 9.17) is 0 Å². The lowest BCUT2D eigenvalue weighted by Gasteiger charge is -2.05. The molecule has 0 spiro atoms. The maximum absolute atomic E-state index is 12.0. The number of thiazole rings is 1. The zero-order chi connectivity index (χ0) is 11.8. The van der Waals surface area contributed by atoms with Gasteiger partial charge in [0.2, 0.25) is 0 Å². The summed E-state index contributed by atoms with van der Waals surface area (Å²) in [5, 5.41) is 2.54. The van der Waals surface area contributed by atoms with Gasteiger partial charge in [0.05, 0.1) is 10.2 Å². The average molecular weight is 311 g/mol. The van der Waals surface area contributed by atoms with Gasteiger partial charge in [0.25, 0.3) is 0 Å². The van der Waals surface area contributed by atoms with E-state index in [9.17, 15) is 13.2 Å². The van der Waals surface area contributed by atoms with E-state index in [-0.39, 0.29) is 5.13 Å². The average Bonchev–Trinajstić information content (AvgIpc) is 2.55. The van der Waals surface area contributed by atoms with Crippen LogP contribution in [-0.2, 0) is 0 Å². The number of fused-ring (bicyclic) bond motifs is 1. The first-order valence-electron chi connectivity index (χ1n) is 4.31. The maximum atomic E-state index is 12.0. The van der Waals surface area contributed by atoms with Crippen molar-refractivity contribution in [3.8, 4) is 0 Å². The molecule has 7 heteroatoms. The summed E-state index contributed by atoms with van der Waals surface area (Å²) in [7, 11) is 0. The van der Waals surface area contributed by atoms with Crippen LogP contribution in [0.15, 0.2) is 22.7 Å².